The van der Waals surface area contributed by atoms with Crippen molar-refractivity contribution < 1.29 is 8.83 Å². The summed E-state index contributed by atoms with van der Waals surface area (Å²) in [5.41, 5.74) is 31.3. The van der Waals surface area contributed by atoms with Crippen molar-refractivity contribution in [2.24, 2.45) is 0 Å². The minimum absolute atomic E-state index is 0.899. The van der Waals surface area contributed by atoms with Crippen molar-refractivity contribution in [1.29, 1.82) is 0 Å². The van der Waals surface area contributed by atoms with Crippen molar-refractivity contribution >= 4 is 165 Å². The first kappa shape index (κ1) is 75.2. The Labute approximate surface area is 750 Å². The molecule has 0 bridgehead atoms. The summed E-state index contributed by atoms with van der Waals surface area (Å²) in [7, 11) is 0. The van der Waals surface area contributed by atoms with Crippen molar-refractivity contribution in [3.8, 4) is 78.1 Å². The second kappa shape index (κ2) is 31.4. The number of benzene rings is 22. The number of anilines is 6. The molecule has 0 saturated carbocycles. The van der Waals surface area contributed by atoms with E-state index < -0.39 is 0 Å². The third-order valence-corrected chi connectivity index (χ3v) is 26.4. The van der Waals surface area contributed by atoms with E-state index in [-0.39, 0.29) is 0 Å². The van der Waals surface area contributed by atoms with Crippen molar-refractivity contribution in [2.45, 2.75) is 0 Å². The standard InChI is InChI=1S/2C62H40N2O/c1-2-13-53-44(10-1)20-21-48-39-52(35-37-54(48)53)63(50-31-24-43(25-32-50)47-28-36-58-57-16-5-8-19-61(57)65-62(58)40-47)49-29-22-41(23-30-49)45-11-9-12-46(38-45)42-26-33-51(34-27-42)64-59-17-6-3-14-55(59)56-15-4-7-18-60(56)64;1-2-15-51-47(12-1)39-60(53-17-4-3-16-52(51)53)63(49-33-26-43(27-34-49)46-30-37-57-56-20-7-10-23-61(56)65-62(57)40-46)48-31-24-41(25-32-48)44-13-11-14-45(38-44)42-28-35-50(36-29-42)64-58-21-8-5-18-54(58)55-19-6-9-22-59(55)64/h2*1-40H. The van der Waals surface area contributed by atoms with Gasteiger partial charge in [0.1, 0.15) is 22.3 Å². The zero-order valence-corrected chi connectivity index (χ0v) is 70.8. The van der Waals surface area contributed by atoms with Crippen LogP contribution >= 0.6 is 0 Å². The smallest absolute Gasteiger partial charge is 0.136 e. The molecule has 130 heavy (non-hydrogen) atoms. The highest BCUT2D eigenvalue weighted by Gasteiger charge is 2.23. The largest absolute Gasteiger partial charge is 0.456 e. The van der Waals surface area contributed by atoms with Crippen molar-refractivity contribution in [3.05, 3.63) is 485 Å². The second-order valence-corrected chi connectivity index (χ2v) is 33.8. The lowest BCUT2D eigenvalue weighted by atomic mass is 9.97. The van der Waals surface area contributed by atoms with E-state index in [0.717, 1.165) is 117 Å². The number of aromatic nitrogens is 2. The summed E-state index contributed by atoms with van der Waals surface area (Å²) in [6, 6.07) is 176. The van der Waals surface area contributed by atoms with Crippen LogP contribution in [0.25, 0.3) is 209 Å². The number of rotatable bonds is 14. The highest BCUT2D eigenvalue weighted by molar-refractivity contribution is 6.16. The Bertz CT molecular complexity index is 8800. The Kier molecular flexibility index (Phi) is 18.2. The fourth-order valence-electron chi connectivity index (χ4n) is 20.0. The minimum atomic E-state index is 0.899. The van der Waals surface area contributed by atoms with Crippen molar-refractivity contribution in [2.75, 3.05) is 9.80 Å². The molecule has 6 heteroatoms. The van der Waals surface area contributed by atoms with Gasteiger partial charge in [-0.05, 0) is 268 Å². The molecule has 0 N–H and O–H groups in total. The maximum atomic E-state index is 6.27. The van der Waals surface area contributed by atoms with Crippen molar-refractivity contribution in [3.63, 3.8) is 0 Å². The van der Waals surface area contributed by atoms with Gasteiger partial charge in [-0.2, -0.15) is 0 Å². The molecule has 0 spiro atoms. The average Bonchev–Trinajstić information content (AvgIpc) is 1.38. The van der Waals surface area contributed by atoms with Gasteiger partial charge in [0.15, 0.2) is 0 Å². The van der Waals surface area contributed by atoms with Gasteiger partial charge in [0.2, 0.25) is 0 Å². The van der Waals surface area contributed by atoms with Gasteiger partial charge in [-0.25, -0.2) is 0 Å². The van der Waals surface area contributed by atoms with Crippen LogP contribution in [0.4, 0.5) is 34.1 Å². The summed E-state index contributed by atoms with van der Waals surface area (Å²) in [5.74, 6) is 0. The number of para-hydroxylation sites is 6. The molecule has 608 valence electrons. The lowest BCUT2D eigenvalue weighted by molar-refractivity contribution is 0.668. The molecule has 0 unspecified atom stereocenters. The lowest BCUT2D eigenvalue weighted by Crippen LogP contribution is -2.10. The van der Waals surface area contributed by atoms with E-state index in [4.69, 9.17) is 8.83 Å². The van der Waals surface area contributed by atoms with E-state index in [0.29, 0.717) is 0 Å². The van der Waals surface area contributed by atoms with Gasteiger partial charge < -0.3 is 27.8 Å². The molecule has 0 aliphatic heterocycles. The first-order chi connectivity index (χ1) is 64.4. The quantitative estimate of drug-likeness (QED) is 0.102. The summed E-state index contributed by atoms with van der Waals surface area (Å²) >= 11 is 0. The second-order valence-electron chi connectivity index (χ2n) is 33.8. The normalized spacial score (nSPS) is 11.7. The molecule has 0 amide bonds. The molecule has 0 radical (unpaired) electrons. The first-order valence-electron chi connectivity index (χ1n) is 44.5. The Morgan fingerprint density at radius 3 is 0.846 bits per heavy atom. The van der Waals surface area contributed by atoms with Crippen molar-refractivity contribution in [1.82, 2.24) is 9.13 Å². The fraction of sp³-hybridized carbons (Fsp3) is 0. The molecule has 4 heterocycles. The van der Waals surface area contributed by atoms with E-state index in [1.165, 1.54) is 126 Å². The Hall–Kier alpha value is -17.3. The molecule has 26 rings (SSSR count). The Morgan fingerprint density at radius 2 is 0.423 bits per heavy atom. The summed E-state index contributed by atoms with van der Waals surface area (Å²) in [4.78, 5) is 4.76. The third-order valence-electron chi connectivity index (χ3n) is 26.4. The maximum Gasteiger partial charge on any atom is 0.136 e. The first-order valence-corrected chi connectivity index (χ1v) is 44.5. The van der Waals surface area contributed by atoms with Crippen LogP contribution in [0.1, 0.15) is 0 Å². The molecule has 0 fully saturated rings. The van der Waals surface area contributed by atoms with Crippen LogP contribution in [0.15, 0.2) is 494 Å². The molecule has 22 aromatic carbocycles. The molecular formula is C124H80N4O2. The predicted octanol–water partition coefficient (Wildman–Crippen LogP) is 34.9. The molecule has 4 aromatic heterocycles. The molecule has 0 aliphatic carbocycles. The molecule has 0 saturated heterocycles. The average molecular weight is 1660 g/mol. The van der Waals surface area contributed by atoms with Crippen LogP contribution in [-0.2, 0) is 0 Å². The Morgan fingerprint density at radius 1 is 0.146 bits per heavy atom. The predicted molar refractivity (Wildman–Crippen MR) is 548 cm³/mol. The van der Waals surface area contributed by atoms with E-state index >= 15 is 0 Å². The summed E-state index contributed by atoms with van der Waals surface area (Å²) in [5, 5.41) is 19.5. The number of nitrogens with zero attached hydrogens (tertiary/aromatic N) is 4. The third kappa shape index (κ3) is 13.2. The fourth-order valence-corrected chi connectivity index (χ4v) is 20.0. The SMILES string of the molecule is c1cc(-c2ccc(N(c3ccc(-c4ccc5c(c4)oc4ccccc45)cc3)c3cc4ccccc4c4ccccc34)cc2)cc(-c2ccc(-n3c4ccccc4c4ccccc43)cc2)c1.c1cc(-c2ccc(N(c3ccc(-c4ccc5c(c4)oc4ccccc45)cc3)c3ccc4c(ccc5ccccc54)c3)cc2)cc(-c2ccc(-n3c4ccccc4c4ccccc43)cc2)c1. The molecule has 0 aliphatic rings. The van der Waals surface area contributed by atoms with Gasteiger partial charge in [0.05, 0.1) is 27.8 Å². The van der Waals surface area contributed by atoms with Crippen LogP contribution in [0.2, 0.25) is 0 Å². The topological polar surface area (TPSA) is 42.6 Å². The monoisotopic (exact) mass is 1660 g/mol. The number of fused-ring (bicyclic) bond motifs is 18. The lowest BCUT2D eigenvalue weighted by Gasteiger charge is -2.28. The maximum absolute atomic E-state index is 6.27. The number of furan rings is 2. The zero-order chi connectivity index (χ0) is 85.7. The zero-order valence-electron chi connectivity index (χ0n) is 70.8. The van der Waals surface area contributed by atoms with Gasteiger partial charge in [-0.1, -0.05) is 322 Å². The van der Waals surface area contributed by atoms with E-state index in [2.05, 4.69) is 480 Å². The summed E-state index contributed by atoms with van der Waals surface area (Å²) in [6.45, 7) is 0. The van der Waals surface area contributed by atoms with Gasteiger partial charge in [0.25, 0.3) is 0 Å². The minimum Gasteiger partial charge on any atom is -0.456 e. The highest BCUT2D eigenvalue weighted by atomic mass is 16.3. The van der Waals surface area contributed by atoms with Crippen LogP contribution in [-0.4, -0.2) is 9.13 Å². The van der Waals surface area contributed by atoms with E-state index in [1.807, 2.05) is 24.3 Å². The van der Waals surface area contributed by atoms with Crippen LogP contribution < -0.4 is 9.80 Å². The van der Waals surface area contributed by atoms with Crippen LogP contribution in [0, 0.1) is 0 Å². The molecule has 26 aromatic rings. The molecule has 6 nitrogen and oxygen atoms in total. The summed E-state index contributed by atoms with van der Waals surface area (Å²) < 4.78 is 17.3. The van der Waals surface area contributed by atoms with E-state index in [1.54, 1.807) is 0 Å². The van der Waals surface area contributed by atoms with Crippen LogP contribution in [0.5, 0.6) is 0 Å². The molecule has 0 atom stereocenters. The van der Waals surface area contributed by atoms with Gasteiger partial charge in [-0.3, -0.25) is 0 Å². The molecular weight excluding hydrogens is 1580 g/mol. The Balaban J connectivity index is 0.000000140. The number of hydrogen-bond acceptors (Lipinski definition) is 4. The highest BCUT2D eigenvalue weighted by Crippen LogP contribution is 2.47. The number of hydrogen-bond donors (Lipinski definition) is 0. The van der Waals surface area contributed by atoms with Gasteiger partial charge in [-0.15, -0.1) is 0 Å². The van der Waals surface area contributed by atoms with Gasteiger partial charge >= 0.3 is 0 Å². The van der Waals surface area contributed by atoms with Crippen LogP contribution in [0.3, 0.4) is 0 Å². The van der Waals surface area contributed by atoms with E-state index in [9.17, 15) is 0 Å². The summed E-state index contributed by atoms with van der Waals surface area (Å²) in [6.07, 6.45) is 0. The van der Waals surface area contributed by atoms with Gasteiger partial charge in [0, 0.05) is 88.3 Å².